The van der Waals surface area contributed by atoms with Gasteiger partial charge in [0.05, 0.1) is 13.0 Å². The summed E-state index contributed by atoms with van der Waals surface area (Å²) in [6.45, 7) is 6.78. The monoisotopic (exact) mass is 434 g/mol. The van der Waals surface area contributed by atoms with Crippen molar-refractivity contribution in [2.75, 3.05) is 23.9 Å². The predicted molar refractivity (Wildman–Crippen MR) is 120 cm³/mol. The Labute approximate surface area is 186 Å². The number of hydrogen-bond acceptors (Lipinski definition) is 6. The molecule has 4 rings (SSSR count). The number of hydrogen-bond donors (Lipinski definition) is 1. The van der Waals surface area contributed by atoms with E-state index in [0.29, 0.717) is 18.0 Å². The molecule has 1 aromatic heterocycles. The van der Waals surface area contributed by atoms with Gasteiger partial charge in [0.15, 0.2) is 0 Å². The highest BCUT2D eigenvalue weighted by atomic mass is 16.5. The molecule has 2 amide bonds. The van der Waals surface area contributed by atoms with Gasteiger partial charge in [-0.25, -0.2) is 0 Å². The molecule has 1 aliphatic rings. The van der Waals surface area contributed by atoms with E-state index in [1.54, 1.807) is 24.1 Å². The third-order valence-electron chi connectivity index (χ3n) is 5.53. The zero-order valence-electron chi connectivity index (χ0n) is 18.6. The van der Waals surface area contributed by atoms with E-state index in [0.717, 1.165) is 17.0 Å². The van der Waals surface area contributed by atoms with E-state index in [4.69, 9.17) is 9.15 Å². The standard InChI is InChI=1S/C24H26N4O4/c1-24(2,3)17-7-5-15(6-8-17)21(30)25-23-27-26-22(32-23)16-13-20(29)28(14-16)18-9-11-19(31-4)12-10-18/h5-12,16H,13-14H2,1-4H3,(H,25,27,30). The summed E-state index contributed by atoms with van der Waals surface area (Å²) in [5.41, 5.74) is 2.43. The van der Waals surface area contributed by atoms with Gasteiger partial charge in [0.1, 0.15) is 5.75 Å². The van der Waals surface area contributed by atoms with Crippen LogP contribution in [0.2, 0.25) is 0 Å². The van der Waals surface area contributed by atoms with Crippen molar-refractivity contribution in [1.29, 1.82) is 0 Å². The van der Waals surface area contributed by atoms with E-state index in [1.807, 2.05) is 36.4 Å². The number of benzene rings is 2. The number of ether oxygens (including phenoxy) is 1. The molecule has 0 spiro atoms. The molecule has 2 aromatic carbocycles. The van der Waals surface area contributed by atoms with Crippen LogP contribution in [0, 0.1) is 0 Å². The average Bonchev–Trinajstić information content (AvgIpc) is 3.40. The molecule has 1 unspecified atom stereocenters. The molecular weight excluding hydrogens is 408 g/mol. The molecule has 166 valence electrons. The Morgan fingerprint density at radius 2 is 1.78 bits per heavy atom. The molecule has 0 bridgehead atoms. The molecule has 1 fully saturated rings. The highest BCUT2D eigenvalue weighted by molar-refractivity contribution is 6.03. The molecule has 0 saturated carbocycles. The normalized spacial score (nSPS) is 16.3. The summed E-state index contributed by atoms with van der Waals surface area (Å²) in [6.07, 6.45) is 0.260. The van der Waals surface area contributed by atoms with Crippen molar-refractivity contribution in [3.05, 3.63) is 65.5 Å². The van der Waals surface area contributed by atoms with Crippen LogP contribution in [-0.4, -0.2) is 35.7 Å². The number of amides is 2. The second kappa shape index (κ2) is 8.45. The summed E-state index contributed by atoms with van der Waals surface area (Å²) in [5.74, 6) is 0.453. The Hall–Kier alpha value is -3.68. The van der Waals surface area contributed by atoms with Crippen molar-refractivity contribution in [2.24, 2.45) is 0 Å². The SMILES string of the molecule is COc1ccc(N2CC(c3nnc(NC(=O)c4ccc(C(C)(C)C)cc4)o3)CC2=O)cc1. The van der Waals surface area contributed by atoms with E-state index in [-0.39, 0.29) is 35.6 Å². The smallest absolute Gasteiger partial charge is 0.322 e. The number of aromatic nitrogens is 2. The largest absolute Gasteiger partial charge is 0.497 e. The number of rotatable bonds is 5. The summed E-state index contributed by atoms with van der Waals surface area (Å²) in [6, 6.07) is 14.7. The van der Waals surface area contributed by atoms with Crippen LogP contribution in [0.4, 0.5) is 11.7 Å². The van der Waals surface area contributed by atoms with Gasteiger partial charge in [0.25, 0.3) is 5.91 Å². The molecule has 1 saturated heterocycles. The van der Waals surface area contributed by atoms with Crippen molar-refractivity contribution in [3.63, 3.8) is 0 Å². The van der Waals surface area contributed by atoms with Crippen LogP contribution in [0.25, 0.3) is 0 Å². The van der Waals surface area contributed by atoms with E-state index >= 15 is 0 Å². The molecule has 8 nitrogen and oxygen atoms in total. The van der Waals surface area contributed by atoms with Crippen molar-refractivity contribution >= 4 is 23.5 Å². The van der Waals surface area contributed by atoms with E-state index in [2.05, 4.69) is 36.3 Å². The fraction of sp³-hybridized carbons (Fsp3) is 0.333. The van der Waals surface area contributed by atoms with Crippen molar-refractivity contribution in [3.8, 4) is 5.75 Å². The third kappa shape index (κ3) is 4.49. The molecule has 1 N–H and O–H groups in total. The van der Waals surface area contributed by atoms with Crippen LogP contribution in [0.1, 0.15) is 54.9 Å². The molecule has 0 radical (unpaired) electrons. The zero-order valence-corrected chi connectivity index (χ0v) is 18.6. The van der Waals surface area contributed by atoms with Crippen molar-refractivity contribution in [1.82, 2.24) is 10.2 Å². The summed E-state index contributed by atoms with van der Waals surface area (Å²) in [7, 11) is 1.60. The molecule has 3 aromatic rings. The van der Waals surface area contributed by atoms with Gasteiger partial charge >= 0.3 is 6.01 Å². The molecule has 2 heterocycles. The lowest BCUT2D eigenvalue weighted by atomic mass is 9.87. The van der Waals surface area contributed by atoms with Crippen LogP contribution in [0.5, 0.6) is 5.75 Å². The van der Waals surface area contributed by atoms with E-state index < -0.39 is 0 Å². The highest BCUT2D eigenvalue weighted by Crippen LogP contribution is 2.32. The minimum atomic E-state index is -0.331. The number of methoxy groups -OCH3 is 1. The maximum absolute atomic E-state index is 12.5. The van der Waals surface area contributed by atoms with Gasteiger partial charge in [0, 0.05) is 24.2 Å². The van der Waals surface area contributed by atoms with Gasteiger partial charge in [-0.3, -0.25) is 14.9 Å². The average molecular weight is 434 g/mol. The molecule has 32 heavy (non-hydrogen) atoms. The molecule has 1 atom stereocenters. The topological polar surface area (TPSA) is 97.6 Å². The Bertz CT molecular complexity index is 1110. The van der Waals surface area contributed by atoms with Crippen LogP contribution < -0.4 is 15.0 Å². The molecule has 8 heteroatoms. The van der Waals surface area contributed by atoms with Crippen molar-refractivity contribution in [2.45, 2.75) is 38.5 Å². The van der Waals surface area contributed by atoms with Gasteiger partial charge < -0.3 is 14.1 Å². The lowest BCUT2D eigenvalue weighted by Gasteiger charge is -2.18. The third-order valence-corrected chi connectivity index (χ3v) is 5.53. The van der Waals surface area contributed by atoms with Gasteiger partial charge in [-0.05, 0) is 47.4 Å². The summed E-state index contributed by atoms with van der Waals surface area (Å²) in [4.78, 5) is 26.7. The Kier molecular flexibility index (Phi) is 5.69. The number of anilines is 2. The van der Waals surface area contributed by atoms with Gasteiger partial charge in [0.2, 0.25) is 11.8 Å². The van der Waals surface area contributed by atoms with Crippen LogP contribution in [-0.2, 0) is 10.2 Å². The minimum Gasteiger partial charge on any atom is -0.497 e. The first-order valence-electron chi connectivity index (χ1n) is 10.4. The lowest BCUT2D eigenvalue weighted by Crippen LogP contribution is -2.24. The maximum atomic E-state index is 12.5. The second-order valence-corrected chi connectivity index (χ2v) is 8.83. The first-order chi connectivity index (χ1) is 15.2. The first-order valence-corrected chi connectivity index (χ1v) is 10.4. The van der Waals surface area contributed by atoms with Gasteiger partial charge in [-0.15, -0.1) is 5.10 Å². The Balaban J connectivity index is 1.41. The first kappa shape index (κ1) is 21.5. The maximum Gasteiger partial charge on any atom is 0.322 e. The molecular formula is C24H26N4O4. The van der Waals surface area contributed by atoms with Gasteiger partial charge in [-0.1, -0.05) is 38.0 Å². The molecule has 1 aliphatic heterocycles. The second-order valence-electron chi connectivity index (χ2n) is 8.83. The van der Waals surface area contributed by atoms with Gasteiger partial charge in [-0.2, -0.15) is 0 Å². The number of nitrogens with one attached hydrogen (secondary N) is 1. The van der Waals surface area contributed by atoms with Crippen LogP contribution in [0.15, 0.2) is 52.9 Å². The minimum absolute atomic E-state index is 0.00874. The van der Waals surface area contributed by atoms with E-state index in [9.17, 15) is 9.59 Å². The fourth-order valence-corrected chi connectivity index (χ4v) is 3.63. The number of carbonyl (C=O) groups excluding carboxylic acids is 2. The molecule has 0 aliphatic carbocycles. The van der Waals surface area contributed by atoms with Crippen LogP contribution >= 0.6 is 0 Å². The Morgan fingerprint density at radius 3 is 2.41 bits per heavy atom. The zero-order chi connectivity index (χ0) is 22.9. The quantitative estimate of drug-likeness (QED) is 0.648. The van der Waals surface area contributed by atoms with Crippen molar-refractivity contribution < 1.29 is 18.7 Å². The summed E-state index contributed by atoms with van der Waals surface area (Å²) >= 11 is 0. The summed E-state index contributed by atoms with van der Waals surface area (Å²) < 4.78 is 10.8. The predicted octanol–water partition coefficient (Wildman–Crippen LogP) is 4.15. The summed E-state index contributed by atoms with van der Waals surface area (Å²) in [5, 5.41) is 10.6. The van der Waals surface area contributed by atoms with E-state index in [1.165, 1.54) is 0 Å². The fourth-order valence-electron chi connectivity index (χ4n) is 3.63. The Morgan fingerprint density at radius 1 is 1.09 bits per heavy atom. The number of carbonyl (C=O) groups is 2. The van der Waals surface area contributed by atoms with Crippen LogP contribution in [0.3, 0.4) is 0 Å². The highest BCUT2D eigenvalue weighted by Gasteiger charge is 2.35. The lowest BCUT2D eigenvalue weighted by molar-refractivity contribution is -0.117. The number of nitrogens with zero attached hydrogens (tertiary/aromatic N) is 3.